The number of pyridine rings is 1. The number of piperidine rings is 1. The minimum absolute atomic E-state index is 0.0665. The summed E-state index contributed by atoms with van der Waals surface area (Å²) in [5.74, 6) is -0.979. The number of ether oxygens (including phenoxy) is 1. The lowest BCUT2D eigenvalue weighted by molar-refractivity contribution is -0.131. The lowest BCUT2D eigenvalue weighted by Crippen LogP contribution is -2.43. The van der Waals surface area contributed by atoms with Crippen molar-refractivity contribution in [1.29, 1.82) is 0 Å². The number of nitrogens with zero attached hydrogens (tertiary/aromatic N) is 4. The maximum atomic E-state index is 13.5. The van der Waals surface area contributed by atoms with E-state index in [1.54, 1.807) is 4.90 Å². The number of carboxylic acids is 1. The normalized spacial score (nSPS) is 15.6. The average molecular weight is 617 g/mol. The molecular weight excluding hydrogens is 584 g/mol. The van der Waals surface area contributed by atoms with Gasteiger partial charge in [0.05, 0.1) is 17.8 Å². The van der Waals surface area contributed by atoms with Crippen molar-refractivity contribution in [2.75, 3.05) is 35.7 Å². The molecule has 4 heterocycles. The number of aliphatic carboxylic acids is 1. The first-order valence-electron chi connectivity index (χ1n) is 13.5. The SMILES string of the molecule is CC(C)(C)c1csc(NC(=O)c2ccn3c(=O)c(C=CC(=O)O)c(N4CCC[C@@H](OC(=O)NCCCCl)C4)nc3c2)n1. The topological polar surface area (TPSA) is 155 Å². The third-order valence-electron chi connectivity index (χ3n) is 6.52. The summed E-state index contributed by atoms with van der Waals surface area (Å²) in [5.41, 5.74) is 0.725. The van der Waals surface area contributed by atoms with Gasteiger partial charge in [0.2, 0.25) is 0 Å². The lowest BCUT2D eigenvalue weighted by Gasteiger charge is -2.33. The first-order valence-corrected chi connectivity index (χ1v) is 14.9. The summed E-state index contributed by atoms with van der Waals surface area (Å²) in [4.78, 5) is 61.0. The fourth-order valence-corrected chi connectivity index (χ4v) is 5.41. The van der Waals surface area contributed by atoms with Crippen LogP contribution in [0.5, 0.6) is 0 Å². The molecule has 1 saturated heterocycles. The molecule has 1 atom stereocenters. The molecule has 0 bridgehead atoms. The average Bonchev–Trinajstić information content (AvgIpc) is 3.41. The van der Waals surface area contributed by atoms with E-state index in [4.69, 9.17) is 16.3 Å². The second-order valence-corrected chi connectivity index (χ2v) is 12.0. The number of anilines is 2. The van der Waals surface area contributed by atoms with Gasteiger partial charge in [-0.25, -0.2) is 19.6 Å². The van der Waals surface area contributed by atoms with Gasteiger partial charge >= 0.3 is 12.1 Å². The third-order valence-corrected chi connectivity index (χ3v) is 7.55. The first kappa shape index (κ1) is 31.0. The Morgan fingerprint density at radius 2 is 2.07 bits per heavy atom. The first-order chi connectivity index (χ1) is 20.0. The molecule has 0 spiro atoms. The van der Waals surface area contributed by atoms with Crippen LogP contribution >= 0.6 is 22.9 Å². The number of fused-ring (bicyclic) bond motifs is 1. The fourth-order valence-electron chi connectivity index (χ4n) is 4.34. The van der Waals surface area contributed by atoms with Gasteiger partial charge in [0.1, 0.15) is 17.6 Å². The van der Waals surface area contributed by atoms with E-state index < -0.39 is 29.6 Å². The molecule has 0 radical (unpaired) electrons. The number of alkyl halides is 1. The molecule has 1 aliphatic rings. The number of amides is 2. The molecule has 0 aromatic carbocycles. The van der Waals surface area contributed by atoms with Crippen LogP contribution in [-0.4, -0.2) is 69.1 Å². The zero-order valence-electron chi connectivity index (χ0n) is 23.6. The number of rotatable bonds is 9. The molecular formula is C28H33ClN6O6S. The molecule has 2 amide bonds. The lowest BCUT2D eigenvalue weighted by atomic mass is 9.93. The number of hydrogen-bond donors (Lipinski definition) is 3. The predicted molar refractivity (Wildman–Crippen MR) is 162 cm³/mol. The smallest absolute Gasteiger partial charge is 0.407 e. The molecule has 3 aromatic rings. The van der Waals surface area contributed by atoms with Crippen molar-refractivity contribution in [2.24, 2.45) is 0 Å². The number of halogens is 1. The standard InChI is InChI=1S/C28H33ClN6O6S/c1-28(2,3)20-16-42-26(31-20)33-24(38)17-9-13-35-21(14-17)32-23(19(25(35)39)7-8-22(36)37)34-12-4-6-18(15-34)41-27(40)30-11-5-10-29/h7-9,13-14,16,18H,4-6,10-12,15H2,1-3H3,(H,30,40)(H,36,37)(H,31,33,38)/t18-/m1/s1. The van der Waals surface area contributed by atoms with Crippen LogP contribution in [0.1, 0.15) is 61.6 Å². The van der Waals surface area contributed by atoms with Crippen molar-refractivity contribution in [3.63, 3.8) is 0 Å². The summed E-state index contributed by atoms with van der Waals surface area (Å²) in [6, 6.07) is 2.98. The second-order valence-electron chi connectivity index (χ2n) is 10.8. The van der Waals surface area contributed by atoms with Crippen molar-refractivity contribution in [1.82, 2.24) is 19.7 Å². The Hall–Kier alpha value is -3.97. The largest absolute Gasteiger partial charge is 0.478 e. The second kappa shape index (κ2) is 13.3. The van der Waals surface area contributed by atoms with Gasteiger partial charge in [0.25, 0.3) is 11.5 Å². The number of carboxylic acid groups (broad SMARTS) is 1. The van der Waals surface area contributed by atoms with Crippen molar-refractivity contribution in [3.8, 4) is 0 Å². The van der Waals surface area contributed by atoms with Gasteiger partial charge in [-0.15, -0.1) is 22.9 Å². The number of alkyl carbamates (subject to hydrolysis) is 1. The van der Waals surface area contributed by atoms with Gasteiger partial charge in [-0.3, -0.25) is 19.3 Å². The highest BCUT2D eigenvalue weighted by molar-refractivity contribution is 7.14. The van der Waals surface area contributed by atoms with E-state index in [0.717, 1.165) is 11.8 Å². The van der Waals surface area contributed by atoms with E-state index >= 15 is 0 Å². The van der Waals surface area contributed by atoms with Crippen molar-refractivity contribution < 1.29 is 24.2 Å². The maximum absolute atomic E-state index is 13.5. The Morgan fingerprint density at radius 3 is 2.76 bits per heavy atom. The van der Waals surface area contributed by atoms with Crippen LogP contribution in [0.3, 0.4) is 0 Å². The predicted octanol–water partition coefficient (Wildman–Crippen LogP) is 4.12. The minimum Gasteiger partial charge on any atom is -0.478 e. The molecule has 12 nitrogen and oxygen atoms in total. The molecule has 3 aromatic heterocycles. The van der Waals surface area contributed by atoms with E-state index in [-0.39, 0.29) is 34.6 Å². The maximum Gasteiger partial charge on any atom is 0.407 e. The molecule has 0 saturated carbocycles. The molecule has 1 aliphatic heterocycles. The van der Waals surface area contributed by atoms with Crippen LogP contribution in [0.2, 0.25) is 0 Å². The van der Waals surface area contributed by atoms with Gasteiger partial charge in [0, 0.05) is 47.6 Å². The number of nitrogens with one attached hydrogen (secondary N) is 2. The van der Waals surface area contributed by atoms with Gasteiger partial charge in [0.15, 0.2) is 5.13 Å². The van der Waals surface area contributed by atoms with Crippen molar-refractivity contribution in [3.05, 3.63) is 57.0 Å². The molecule has 14 heteroatoms. The monoisotopic (exact) mass is 616 g/mol. The van der Waals surface area contributed by atoms with E-state index in [0.29, 0.717) is 43.4 Å². The van der Waals surface area contributed by atoms with Crippen LogP contribution in [0.25, 0.3) is 11.7 Å². The minimum atomic E-state index is -1.22. The molecule has 224 valence electrons. The van der Waals surface area contributed by atoms with Gasteiger partial charge in [-0.1, -0.05) is 20.8 Å². The Balaban J connectivity index is 1.64. The zero-order chi connectivity index (χ0) is 30.4. The number of thiazole rings is 1. The van der Waals surface area contributed by atoms with E-state index in [9.17, 15) is 24.3 Å². The summed E-state index contributed by atoms with van der Waals surface area (Å²) in [7, 11) is 0. The Bertz CT molecular complexity index is 1560. The molecule has 0 unspecified atom stereocenters. The third kappa shape index (κ3) is 7.65. The van der Waals surface area contributed by atoms with Crippen LogP contribution in [-0.2, 0) is 14.9 Å². The van der Waals surface area contributed by atoms with Crippen LogP contribution < -0.4 is 21.1 Å². The summed E-state index contributed by atoms with van der Waals surface area (Å²) in [6.45, 7) is 7.25. The quantitative estimate of drug-likeness (QED) is 0.183. The molecule has 4 rings (SSSR count). The summed E-state index contributed by atoms with van der Waals surface area (Å²) < 4.78 is 6.81. The fraction of sp³-hybridized carbons (Fsp3) is 0.429. The van der Waals surface area contributed by atoms with E-state index in [1.807, 2.05) is 26.2 Å². The Morgan fingerprint density at radius 1 is 1.29 bits per heavy atom. The zero-order valence-corrected chi connectivity index (χ0v) is 25.1. The van der Waals surface area contributed by atoms with Crippen LogP contribution in [0.15, 0.2) is 34.6 Å². The molecule has 3 N–H and O–H groups in total. The highest BCUT2D eigenvalue weighted by Gasteiger charge is 2.27. The van der Waals surface area contributed by atoms with E-state index in [2.05, 4.69) is 20.6 Å². The molecule has 42 heavy (non-hydrogen) atoms. The highest BCUT2D eigenvalue weighted by atomic mass is 35.5. The summed E-state index contributed by atoms with van der Waals surface area (Å²) in [6.07, 6.45) is 4.35. The van der Waals surface area contributed by atoms with Crippen molar-refractivity contribution >= 4 is 63.6 Å². The van der Waals surface area contributed by atoms with Gasteiger partial charge in [-0.2, -0.15) is 0 Å². The Kier molecular flexibility index (Phi) is 9.84. The summed E-state index contributed by atoms with van der Waals surface area (Å²) >= 11 is 6.98. The number of carbonyl (C=O) groups is 3. The molecule has 0 aliphatic carbocycles. The van der Waals surface area contributed by atoms with Crippen LogP contribution in [0, 0.1) is 0 Å². The Labute approximate surface area is 251 Å². The van der Waals surface area contributed by atoms with Gasteiger partial charge < -0.3 is 20.1 Å². The highest BCUT2D eigenvalue weighted by Crippen LogP contribution is 2.27. The summed E-state index contributed by atoms with van der Waals surface area (Å²) in [5, 5.41) is 17.0. The number of hydrogen-bond acceptors (Lipinski definition) is 9. The molecule has 1 fully saturated rings. The number of carbonyl (C=O) groups excluding carboxylic acids is 2. The van der Waals surface area contributed by atoms with Crippen molar-refractivity contribution in [2.45, 2.75) is 51.6 Å². The van der Waals surface area contributed by atoms with E-state index in [1.165, 1.54) is 40.1 Å². The van der Waals surface area contributed by atoms with Crippen LogP contribution in [0.4, 0.5) is 15.7 Å². The van der Waals surface area contributed by atoms with Gasteiger partial charge in [-0.05, 0) is 37.5 Å². The number of aromatic nitrogens is 3.